The van der Waals surface area contributed by atoms with E-state index < -0.39 is 0 Å². The monoisotopic (exact) mass is 273 g/mol. The first kappa shape index (κ1) is 14.2. The summed E-state index contributed by atoms with van der Waals surface area (Å²) in [6.45, 7) is 4.29. The molecule has 106 valence electrons. The molecule has 1 N–H and O–H groups in total. The van der Waals surface area contributed by atoms with Crippen molar-refractivity contribution in [2.75, 3.05) is 6.79 Å². The van der Waals surface area contributed by atoms with Crippen LogP contribution in [0.5, 0.6) is 11.5 Å². The zero-order valence-electron chi connectivity index (χ0n) is 11.8. The Balaban J connectivity index is 1.88. The molecule has 4 nitrogen and oxygen atoms in total. The number of hydrogen-bond donors (Lipinski definition) is 1. The van der Waals surface area contributed by atoms with Gasteiger partial charge in [-0.1, -0.05) is 31.2 Å². The number of hydrogen-bond acceptors (Lipinski definition) is 3. The third-order valence-corrected chi connectivity index (χ3v) is 3.05. The number of carbonyl (C=O) groups is 1. The van der Waals surface area contributed by atoms with Gasteiger partial charge in [0.15, 0.2) is 11.5 Å². The van der Waals surface area contributed by atoms with Gasteiger partial charge < -0.3 is 14.8 Å². The molecule has 0 radical (unpaired) electrons. The Hall–Kier alpha value is -2.23. The van der Waals surface area contributed by atoms with E-state index in [-0.39, 0.29) is 18.7 Å². The van der Waals surface area contributed by atoms with Crippen LogP contribution in [-0.4, -0.2) is 18.7 Å². The van der Waals surface area contributed by atoms with Gasteiger partial charge in [-0.2, -0.15) is 0 Å². The maximum absolute atomic E-state index is 11.5. The van der Waals surface area contributed by atoms with Gasteiger partial charge in [0.05, 0.1) is 0 Å². The molecule has 2 rings (SSSR count). The van der Waals surface area contributed by atoms with Crippen molar-refractivity contribution in [2.24, 2.45) is 0 Å². The second-order valence-electron chi connectivity index (χ2n) is 4.65. The van der Waals surface area contributed by atoms with Gasteiger partial charge >= 0.3 is 0 Å². The van der Waals surface area contributed by atoms with E-state index in [9.17, 15) is 4.79 Å². The highest BCUT2D eigenvalue weighted by Gasteiger charge is 2.11. The van der Waals surface area contributed by atoms with E-state index in [0.29, 0.717) is 0 Å². The van der Waals surface area contributed by atoms with Gasteiger partial charge in [-0.05, 0) is 31.0 Å². The Bertz CT molecular complexity index is 535. The largest absolute Gasteiger partial charge is 0.454 e. The Kier molecular flexibility index (Phi) is 4.82. The van der Waals surface area contributed by atoms with E-state index in [4.69, 9.17) is 9.47 Å². The summed E-state index contributed by atoms with van der Waals surface area (Å²) < 4.78 is 10.5. The molecule has 0 aliphatic carbocycles. The molecule has 0 aromatic heterocycles. The fourth-order valence-electron chi connectivity index (χ4n) is 1.72. The molecule has 0 saturated heterocycles. The highest BCUT2D eigenvalue weighted by Crippen LogP contribution is 2.32. The van der Waals surface area contributed by atoms with E-state index in [1.54, 1.807) is 6.08 Å². The predicted molar refractivity (Wildman–Crippen MR) is 78.6 cm³/mol. The highest BCUT2D eigenvalue weighted by atomic mass is 16.7. The number of allylic oxidation sites excluding steroid dienone is 2. The van der Waals surface area contributed by atoms with Crippen molar-refractivity contribution < 1.29 is 14.3 Å². The van der Waals surface area contributed by atoms with Gasteiger partial charge in [0.2, 0.25) is 12.7 Å². The van der Waals surface area contributed by atoms with Crippen molar-refractivity contribution in [1.82, 2.24) is 5.32 Å². The van der Waals surface area contributed by atoms with Crippen molar-refractivity contribution in [3.8, 4) is 11.5 Å². The van der Waals surface area contributed by atoms with Crippen LogP contribution in [0.2, 0.25) is 0 Å². The van der Waals surface area contributed by atoms with Crippen LogP contribution in [0.1, 0.15) is 25.8 Å². The lowest BCUT2D eigenvalue weighted by Gasteiger charge is -2.07. The van der Waals surface area contributed by atoms with Gasteiger partial charge in [0, 0.05) is 12.1 Å². The minimum absolute atomic E-state index is 0.0744. The van der Waals surface area contributed by atoms with Crippen LogP contribution in [0.25, 0.3) is 6.08 Å². The zero-order valence-corrected chi connectivity index (χ0v) is 11.8. The van der Waals surface area contributed by atoms with Crippen molar-refractivity contribution in [2.45, 2.75) is 26.3 Å². The minimum Gasteiger partial charge on any atom is -0.454 e. The molecule has 1 unspecified atom stereocenters. The Labute approximate surface area is 119 Å². The lowest BCUT2D eigenvalue weighted by Crippen LogP contribution is -2.30. The van der Waals surface area contributed by atoms with Crippen LogP contribution in [-0.2, 0) is 4.79 Å². The lowest BCUT2D eigenvalue weighted by molar-refractivity contribution is -0.117. The summed E-state index contributed by atoms with van der Waals surface area (Å²) in [7, 11) is 0. The maximum Gasteiger partial charge on any atom is 0.244 e. The standard InChI is InChI=1S/C16H19NO3/c1-3-12(2)17-16(18)7-5-4-6-13-8-9-14-15(10-13)20-11-19-14/h4-10,12H,3,11H2,1-2H3,(H,17,18). The predicted octanol–water partition coefficient (Wildman–Crippen LogP) is 2.90. The fraction of sp³-hybridized carbons (Fsp3) is 0.312. The third-order valence-electron chi connectivity index (χ3n) is 3.05. The summed E-state index contributed by atoms with van der Waals surface area (Å²) in [5.74, 6) is 1.45. The van der Waals surface area contributed by atoms with Crippen LogP contribution >= 0.6 is 0 Å². The molecule has 1 aromatic rings. The Morgan fingerprint density at radius 2 is 2.15 bits per heavy atom. The van der Waals surface area contributed by atoms with Gasteiger partial charge in [-0.15, -0.1) is 0 Å². The van der Waals surface area contributed by atoms with Crippen LogP contribution < -0.4 is 14.8 Å². The van der Waals surface area contributed by atoms with Crippen LogP contribution in [0.15, 0.2) is 36.4 Å². The molecule has 1 aliphatic heterocycles. The summed E-state index contributed by atoms with van der Waals surface area (Å²) in [4.78, 5) is 11.5. The molecule has 1 amide bonds. The molecule has 1 aromatic carbocycles. The van der Waals surface area contributed by atoms with E-state index in [0.717, 1.165) is 23.5 Å². The third kappa shape index (κ3) is 3.88. The van der Waals surface area contributed by atoms with Gasteiger partial charge in [-0.25, -0.2) is 0 Å². The molecule has 4 heteroatoms. The quantitative estimate of drug-likeness (QED) is 0.663. The second kappa shape index (κ2) is 6.80. The second-order valence-corrected chi connectivity index (χ2v) is 4.65. The molecule has 0 spiro atoms. The van der Waals surface area contributed by atoms with Crippen molar-refractivity contribution in [1.29, 1.82) is 0 Å². The molecule has 0 fully saturated rings. The van der Waals surface area contributed by atoms with E-state index in [1.807, 2.05) is 44.2 Å². The van der Waals surface area contributed by atoms with Crippen LogP contribution in [0.4, 0.5) is 0 Å². The van der Waals surface area contributed by atoms with E-state index in [2.05, 4.69) is 5.32 Å². The summed E-state index contributed by atoms with van der Waals surface area (Å²) >= 11 is 0. The lowest BCUT2D eigenvalue weighted by atomic mass is 10.2. The van der Waals surface area contributed by atoms with Crippen molar-refractivity contribution >= 4 is 12.0 Å². The van der Waals surface area contributed by atoms with Crippen LogP contribution in [0.3, 0.4) is 0 Å². The minimum atomic E-state index is -0.0744. The molecule has 1 aliphatic rings. The SMILES string of the molecule is CCC(C)NC(=O)C=CC=Cc1ccc2c(c1)OCO2. The number of amides is 1. The summed E-state index contributed by atoms with van der Waals surface area (Å²) in [6.07, 6.45) is 7.91. The molecular weight excluding hydrogens is 254 g/mol. The first-order valence-electron chi connectivity index (χ1n) is 6.74. The average molecular weight is 273 g/mol. The first-order valence-corrected chi connectivity index (χ1v) is 6.74. The molecule has 0 bridgehead atoms. The normalized spacial score (nSPS) is 14.9. The number of nitrogens with one attached hydrogen (secondary N) is 1. The zero-order chi connectivity index (χ0) is 14.4. The number of ether oxygens (including phenoxy) is 2. The molecule has 0 saturated carbocycles. The maximum atomic E-state index is 11.5. The van der Waals surface area contributed by atoms with Gasteiger partial charge in [0.1, 0.15) is 0 Å². The summed E-state index contributed by atoms with van der Waals surface area (Å²) in [5.41, 5.74) is 1.00. The van der Waals surface area contributed by atoms with Gasteiger partial charge in [-0.3, -0.25) is 4.79 Å². The number of benzene rings is 1. The number of fused-ring (bicyclic) bond motifs is 1. The molecular formula is C16H19NO3. The molecule has 20 heavy (non-hydrogen) atoms. The first-order chi connectivity index (χ1) is 9.69. The van der Waals surface area contributed by atoms with Crippen LogP contribution in [0, 0.1) is 0 Å². The number of rotatable bonds is 5. The van der Waals surface area contributed by atoms with E-state index in [1.165, 1.54) is 6.08 Å². The Morgan fingerprint density at radius 3 is 2.95 bits per heavy atom. The van der Waals surface area contributed by atoms with Crippen molar-refractivity contribution in [3.63, 3.8) is 0 Å². The smallest absolute Gasteiger partial charge is 0.244 e. The molecule has 1 atom stereocenters. The summed E-state index contributed by atoms with van der Waals surface area (Å²) in [6, 6.07) is 5.93. The topological polar surface area (TPSA) is 47.6 Å². The molecule has 1 heterocycles. The van der Waals surface area contributed by atoms with Gasteiger partial charge in [0.25, 0.3) is 0 Å². The van der Waals surface area contributed by atoms with Crippen molar-refractivity contribution in [3.05, 3.63) is 42.0 Å². The average Bonchev–Trinajstić information content (AvgIpc) is 2.91. The Morgan fingerprint density at radius 1 is 1.35 bits per heavy atom. The summed E-state index contributed by atoms with van der Waals surface area (Å²) in [5, 5.41) is 2.87. The number of carbonyl (C=O) groups excluding carboxylic acids is 1. The van der Waals surface area contributed by atoms with E-state index >= 15 is 0 Å². The highest BCUT2D eigenvalue weighted by molar-refractivity contribution is 5.88. The fourth-order valence-corrected chi connectivity index (χ4v) is 1.72.